The summed E-state index contributed by atoms with van der Waals surface area (Å²) < 4.78 is 0. The van der Waals surface area contributed by atoms with E-state index in [1.807, 2.05) is 18.2 Å². The quantitative estimate of drug-likeness (QED) is 0.847. The molecule has 1 aliphatic rings. The van der Waals surface area contributed by atoms with Crippen LogP contribution in [-0.2, 0) is 0 Å². The summed E-state index contributed by atoms with van der Waals surface area (Å²) in [7, 11) is 11.8. The topological polar surface area (TPSA) is 24.1 Å². The van der Waals surface area contributed by atoms with Crippen LogP contribution in [0.5, 0.6) is 0 Å². The molecule has 0 fully saturated rings. The smallest absolute Gasteiger partial charge is 0.0894 e. The van der Waals surface area contributed by atoms with Gasteiger partial charge in [0.05, 0.1) is 21.7 Å². The van der Waals surface area contributed by atoms with E-state index in [4.69, 9.17) is 15.7 Å². The third kappa shape index (κ3) is 3.53. The maximum absolute atomic E-state index is 5.90. The summed E-state index contributed by atoms with van der Waals surface area (Å²) in [6.45, 7) is 4.73. The van der Waals surface area contributed by atoms with Gasteiger partial charge in [-0.15, -0.1) is 0 Å². The molecule has 0 aromatic heterocycles. The van der Waals surface area contributed by atoms with Gasteiger partial charge in [-0.25, -0.2) is 0 Å². The highest BCUT2D eigenvalue weighted by atomic mass is 14.9. The predicted molar refractivity (Wildman–Crippen MR) is 99.9 cm³/mol. The van der Waals surface area contributed by atoms with Crippen LogP contribution < -0.4 is 10.6 Å². The Morgan fingerprint density at radius 3 is 2.52 bits per heavy atom. The summed E-state index contributed by atoms with van der Waals surface area (Å²) in [6.07, 6.45) is 2.26. The van der Waals surface area contributed by atoms with Crippen LogP contribution in [0.4, 0.5) is 5.69 Å². The monoisotopic (exact) mass is 298 g/mol. The van der Waals surface area contributed by atoms with Gasteiger partial charge in [0.1, 0.15) is 0 Å². The molecule has 1 heterocycles. The van der Waals surface area contributed by atoms with Crippen LogP contribution in [0, 0.1) is 6.92 Å². The van der Waals surface area contributed by atoms with Crippen LogP contribution in [0.25, 0.3) is 5.57 Å². The van der Waals surface area contributed by atoms with E-state index in [0.717, 1.165) is 17.8 Å². The fraction of sp³-hybridized carbons (Fsp3) is 0.263. The van der Waals surface area contributed by atoms with Gasteiger partial charge in [-0.3, -0.25) is 0 Å². The highest BCUT2D eigenvalue weighted by Crippen LogP contribution is 2.36. The fourth-order valence-corrected chi connectivity index (χ4v) is 3.10. The Labute approximate surface area is 141 Å². The molecule has 23 heavy (non-hydrogen) atoms. The largest absolute Gasteiger partial charge is 0.397 e. The third-order valence-corrected chi connectivity index (χ3v) is 4.15. The molecule has 3 rings (SSSR count). The molecule has 0 bridgehead atoms. The second kappa shape index (κ2) is 6.29. The lowest BCUT2D eigenvalue weighted by Gasteiger charge is -2.27. The van der Waals surface area contributed by atoms with Gasteiger partial charge in [-0.05, 0) is 40.6 Å². The predicted octanol–water partition coefficient (Wildman–Crippen LogP) is 3.15. The van der Waals surface area contributed by atoms with Gasteiger partial charge < -0.3 is 10.6 Å². The minimum atomic E-state index is -0.940. The lowest BCUT2D eigenvalue weighted by Crippen LogP contribution is -2.35. The van der Waals surface area contributed by atoms with Gasteiger partial charge in [-0.2, -0.15) is 0 Å². The van der Waals surface area contributed by atoms with Gasteiger partial charge in [0.25, 0.3) is 0 Å². The van der Waals surface area contributed by atoms with Crippen molar-refractivity contribution in [1.29, 1.82) is 0 Å². The first-order chi connectivity index (χ1) is 11.0. The highest BCUT2D eigenvalue weighted by molar-refractivity contribution is 6.41. The zero-order valence-electron chi connectivity index (χ0n) is 13.6. The zero-order valence-corrected chi connectivity index (χ0v) is 13.6. The molecule has 2 nitrogen and oxygen atoms in total. The summed E-state index contributed by atoms with van der Waals surface area (Å²) in [5.41, 5.74) is 5.94. The zero-order chi connectivity index (χ0) is 16.4. The molecule has 1 atom stereocenters. The Bertz CT molecular complexity index is 718. The van der Waals surface area contributed by atoms with Gasteiger partial charge in [-0.1, -0.05) is 55.5 Å². The van der Waals surface area contributed by atoms with Crippen molar-refractivity contribution >= 4 is 27.0 Å². The molecule has 2 aromatic rings. The Balaban J connectivity index is 1.96. The fourth-order valence-electron chi connectivity index (χ4n) is 3.10. The second-order valence-electron chi connectivity index (χ2n) is 6.29. The van der Waals surface area contributed by atoms with Crippen molar-refractivity contribution in [2.45, 2.75) is 25.2 Å². The standard InChI is InChI=1S/C19H20B2N2/c1-13-15(9-6-10-17(13)23-19(2,20)21)18-16(11-12-22-18)14-7-4-3-5-8-14/h3-11,18,22-23H,12H2,1-2H3. The van der Waals surface area contributed by atoms with Crippen molar-refractivity contribution < 1.29 is 0 Å². The highest BCUT2D eigenvalue weighted by Gasteiger charge is 2.24. The molecule has 4 radical (unpaired) electrons. The third-order valence-electron chi connectivity index (χ3n) is 4.15. The van der Waals surface area contributed by atoms with Crippen molar-refractivity contribution in [1.82, 2.24) is 5.32 Å². The van der Waals surface area contributed by atoms with Gasteiger partial charge in [0.15, 0.2) is 0 Å². The first-order valence-corrected chi connectivity index (χ1v) is 7.90. The van der Waals surface area contributed by atoms with Crippen LogP contribution in [0.3, 0.4) is 0 Å². The minimum Gasteiger partial charge on any atom is -0.397 e. The van der Waals surface area contributed by atoms with Gasteiger partial charge in [0.2, 0.25) is 0 Å². The van der Waals surface area contributed by atoms with Crippen molar-refractivity contribution in [2.24, 2.45) is 0 Å². The van der Waals surface area contributed by atoms with Crippen LogP contribution >= 0.6 is 0 Å². The van der Waals surface area contributed by atoms with Crippen LogP contribution in [0.2, 0.25) is 0 Å². The van der Waals surface area contributed by atoms with E-state index in [-0.39, 0.29) is 6.04 Å². The Kier molecular flexibility index (Phi) is 4.36. The normalized spacial score (nSPS) is 17.8. The average Bonchev–Trinajstić information content (AvgIpc) is 2.98. The van der Waals surface area contributed by atoms with E-state index in [1.54, 1.807) is 6.92 Å². The summed E-state index contributed by atoms with van der Waals surface area (Å²) in [5, 5.41) is 5.81. The minimum absolute atomic E-state index is 0.181. The summed E-state index contributed by atoms with van der Waals surface area (Å²) in [5.74, 6) is 0. The number of anilines is 1. The molecule has 4 heteroatoms. The molecule has 1 aliphatic heterocycles. The number of benzene rings is 2. The maximum atomic E-state index is 5.90. The maximum Gasteiger partial charge on any atom is 0.0894 e. The lowest BCUT2D eigenvalue weighted by molar-refractivity contribution is 0.719. The molecule has 0 spiro atoms. The van der Waals surface area contributed by atoms with Crippen molar-refractivity contribution in [3.8, 4) is 0 Å². The lowest BCUT2D eigenvalue weighted by atomic mass is 9.63. The molecule has 0 amide bonds. The van der Waals surface area contributed by atoms with Crippen molar-refractivity contribution in [3.05, 3.63) is 71.3 Å². The Morgan fingerprint density at radius 1 is 1.09 bits per heavy atom. The number of nitrogens with one attached hydrogen (secondary N) is 2. The summed E-state index contributed by atoms with van der Waals surface area (Å²) in [4.78, 5) is 0. The first-order valence-electron chi connectivity index (χ1n) is 7.90. The molecular formula is C19H20B2N2. The molecular weight excluding hydrogens is 278 g/mol. The van der Waals surface area contributed by atoms with Gasteiger partial charge in [0, 0.05) is 12.2 Å². The summed E-state index contributed by atoms with van der Waals surface area (Å²) in [6, 6.07) is 16.9. The van der Waals surface area contributed by atoms with Crippen molar-refractivity contribution in [2.75, 3.05) is 11.9 Å². The van der Waals surface area contributed by atoms with E-state index in [9.17, 15) is 0 Å². The Hall–Kier alpha value is -1.93. The molecule has 1 unspecified atom stereocenters. The van der Waals surface area contributed by atoms with Crippen LogP contribution in [0.1, 0.15) is 29.7 Å². The number of hydrogen-bond acceptors (Lipinski definition) is 2. The van der Waals surface area contributed by atoms with Gasteiger partial charge >= 0.3 is 0 Å². The Morgan fingerprint density at radius 2 is 1.83 bits per heavy atom. The molecule has 0 saturated carbocycles. The van der Waals surface area contributed by atoms with Crippen LogP contribution in [-0.4, -0.2) is 27.6 Å². The molecule has 0 aliphatic carbocycles. The number of rotatable bonds is 4. The molecule has 2 aromatic carbocycles. The first kappa shape index (κ1) is 15.9. The number of hydrogen-bond donors (Lipinski definition) is 2. The van der Waals surface area contributed by atoms with Crippen LogP contribution in [0.15, 0.2) is 54.6 Å². The van der Waals surface area contributed by atoms with E-state index < -0.39 is 5.34 Å². The molecule has 112 valence electrons. The summed E-state index contributed by atoms with van der Waals surface area (Å²) >= 11 is 0. The van der Waals surface area contributed by atoms with E-state index in [0.29, 0.717) is 0 Å². The van der Waals surface area contributed by atoms with Crippen molar-refractivity contribution in [3.63, 3.8) is 0 Å². The molecule has 0 saturated heterocycles. The molecule has 2 N–H and O–H groups in total. The second-order valence-corrected chi connectivity index (χ2v) is 6.29. The van der Waals surface area contributed by atoms with E-state index in [1.165, 1.54) is 16.7 Å². The SMILES string of the molecule is [B]C([B])(C)Nc1cccc(C2NCC=C2c2ccccc2)c1C. The average molecular weight is 298 g/mol. The van der Waals surface area contributed by atoms with E-state index in [2.05, 4.69) is 54.0 Å². The van der Waals surface area contributed by atoms with E-state index >= 15 is 0 Å².